The van der Waals surface area contributed by atoms with E-state index in [0.29, 0.717) is 29.0 Å². The molecule has 0 saturated heterocycles. The molecule has 5 unspecified atom stereocenters. The first-order chi connectivity index (χ1) is 25.3. The van der Waals surface area contributed by atoms with Crippen LogP contribution in [0.4, 0.5) is 0 Å². The van der Waals surface area contributed by atoms with Crippen LogP contribution in [0.15, 0.2) is 102 Å². The largest absolute Gasteiger partial charge is 0.341 e. The van der Waals surface area contributed by atoms with Gasteiger partial charge in [0.25, 0.3) is 0 Å². The Bertz CT molecular complexity index is 2270. The lowest BCUT2D eigenvalue weighted by Crippen LogP contribution is -2.25. The summed E-state index contributed by atoms with van der Waals surface area (Å²) in [6.45, 7) is 0. The number of benzene rings is 3. The number of aromatic nitrogens is 2. The zero-order valence-electron chi connectivity index (χ0n) is 29.7. The molecule has 5 atom stereocenters. The summed E-state index contributed by atoms with van der Waals surface area (Å²) >= 11 is 2.16. The van der Waals surface area contributed by atoms with Crippen LogP contribution in [-0.2, 0) is 32.1 Å². The van der Waals surface area contributed by atoms with Crippen LogP contribution in [-0.4, -0.2) is 14.4 Å². The fourth-order valence-corrected chi connectivity index (χ4v) is 13.1. The monoisotopic (exact) mass is 684 g/mol. The molecule has 3 heteroatoms. The summed E-state index contributed by atoms with van der Waals surface area (Å²) in [5, 5.41) is 2.14. The first-order valence-electron chi connectivity index (χ1n) is 20.1. The predicted octanol–water partition coefficient (Wildman–Crippen LogP) is 12.1. The Morgan fingerprint density at radius 1 is 0.686 bits per heavy atom. The summed E-state index contributed by atoms with van der Waals surface area (Å²) in [6, 6.07) is 28.9. The zero-order chi connectivity index (χ0) is 33.5. The molecule has 6 aliphatic rings. The second-order valence-electron chi connectivity index (χ2n) is 16.3. The molecule has 11 rings (SSSR count). The number of nitrogens with zero attached hydrogens (tertiary/aromatic N) is 2. The van der Waals surface area contributed by atoms with Crippen molar-refractivity contribution in [3.8, 4) is 0 Å². The topological polar surface area (TPSA) is 9.86 Å². The molecule has 0 bridgehead atoms. The molecule has 256 valence electrons. The third kappa shape index (κ3) is 4.90. The molecule has 3 aromatic carbocycles. The minimum atomic E-state index is 0.399. The van der Waals surface area contributed by atoms with Gasteiger partial charge in [-0.1, -0.05) is 85.3 Å². The summed E-state index contributed by atoms with van der Waals surface area (Å²) in [4.78, 5) is 1.53. The molecule has 0 N–H and O–H groups in total. The van der Waals surface area contributed by atoms with Crippen LogP contribution in [0.25, 0.3) is 22.7 Å². The van der Waals surface area contributed by atoms with Gasteiger partial charge in [-0.2, -0.15) is 0 Å². The van der Waals surface area contributed by atoms with Gasteiger partial charge in [0, 0.05) is 50.3 Å². The molecular weight excluding hydrogens is 637 g/mol. The van der Waals surface area contributed by atoms with Crippen molar-refractivity contribution in [2.75, 3.05) is 0 Å². The molecule has 51 heavy (non-hydrogen) atoms. The van der Waals surface area contributed by atoms with Gasteiger partial charge >= 0.3 is 0 Å². The van der Waals surface area contributed by atoms with E-state index >= 15 is 0 Å². The quantitative estimate of drug-likeness (QED) is 0.183. The Morgan fingerprint density at radius 2 is 1.57 bits per heavy atom. The summed E-state index contributed by atoms with van der Waals surface area (Å²) in [5.74, 6) is 1.73. The highest BCUT2D eigenvalue weighted by molar-refractivity contribution is 8.00. The molecule has 1 fully saturated rings. The molecule has 5 aliphatic carbocycles. The average molecular weight is 685 g/mol. The lowest BCUT2D eigenvalue weighted by molar-refractivity contribution is 0.411. The Balaban J connectivity index is 0.905. The summed E-state index contributed by atoms with van der Waals surface area (Å²) in [7, 11) is 0. The van der Waals surface area contributed by atoms with Gasteiger partial charge in [0.15, 0.2) is 0 Å². The molecule has 3 heterocycles. The van der Waals surface area contributed by atoms with Gasteiger partial charge in [-0.05, 0) is 147 Å². The first-order valence-corrected chi connectivity index (χ1v) is 20.9. The number of fused-ring (bicyclic) bond motifs is 9. The molecule has 5 aromatic rings. The van der Waals surface area contributed by atoms with Gasteiger partial charge in [-0.15, -0.1) is 11.8 Å². The number of rotatable bonds is 4. The maximum atomic E-state index is 2.84. The molecule has 1 saturated carbocycles. The van der Waals surface area contributed by atoms with Gasteiger partial charge < -0.3 is 9.13 Å². The Kier molecular flexibility index (Phi) is 7.41. The van der Waals surface area contributed by atoms with Crippen molar-refractivity contribution >= 4 is 34.4 Å². The van der Waals surface area contributed by atoms with E-state index in [1.54, 1.807) is 44.9 Å². The molecule has 0 amide bonds. The van der Waals surface area contributed by atoms with Gasteiger partial charge in [0.05, 0.1) is 5.52 Å². The van der Waals surface area contributed by atoms with Crippen molar-refractivity contribution < 1.29 is 0 Å². The van der Waals surface area contributed by atoms with E-state index in [2.05, 4.69) is 124 Å². The van der Waals surface area contributed by atoms with Crippen molar-refractivity contribution in [3.05, 3.63) is 148 Å². The van der Waals surface area contributed by atoms with Crippen molar-refractivity contribution in [1.29, 1.82) is 0 Å². The van der Waals surface area contributed by atoms with Crippen LogP contribution in [0.2, 0.25) is 0 Å². The summed E-state index contributed by atoms with van der Waals surface area (Å²) < 4.78 is 5.54. The zero-order valence-corrected chi connectivity index (χ0v) is 30.5. The molecular formula is C48H48N2S. The third-order valence-electron chi connectivity index (χ3n) is 13.6. The number of para-hydroxylation sites is 1. The highest BCUT2D eigenvalue weighted by Gasteiger charge is 2.41. The fourth-order valence-electron chi connectivity index (χ4n) is 11.4. The van der Waals surface area contributed by atoms with Crippen LogP contribution in [0.1, 0.15) is 126 Å². The van der Waals surface area contributed by atoms with Crippen molar-refractivity contribution in [1.82, 2.24) is 9.13 Å². The van der Waals surface area contributed by atoms with Gasteiger partial charge in [0.1, 0.15) is 0 Å². The third-order valence-corrected chi connectivity index (χ3v) is 15.2. The fraction of sp³-hybridized carbons (Fsp3) is 0.375. The maximum absolute atomic E-state index is 2.84. The minimum Gasteiger partial charge on any atom is -0.341 e. The van der Waals surface area contributed by atoms with Crippen molar-refractivity contribution in [2.45, 2.75) is 117 Å². The number of allylic oxidation sites excluding steroid dienone is 5. The second-order valence-corrected chi connectivity index (χ2v) is 17.5. The van der Waals surface area contributed by atoms with Gasteiger partial charge in [-0.3, -0.25) is 0 Å². The Morgan fingerprint density at radius 3 is 2.57 bits per heavy atom. The summed E-state index contributed by atoms with van der Waals surface area (Å²) in [6.07, 6.45) is 28.4. The molecule has 2 aromatic heterocycles. The first kappa shape index (κ1) is 30.7. The Labute approximate surface area is 307 Å². The van der Waals surface area contributed by atoms with Crippen LogP contribution in [0.5, 0.6) is 0 Å². The molecule has 2 nitrogen and oxygen atoms in total. The normalized spacial score (nSPS) is 26.3. The van der Waals surface area contributed by atoms with E-state index in [4.69, 9.17) is 0 Å². The SMILES string of the molecule is C1=CC(c2cccc(C3CCCC4c5ccccc5SC34)c2)CC(n2c3c(c4ccccc42)CC(n2c4c(c5c2CCCC5)CCC=C4)CC3)=C1. The summed E-state index contributed by atoms with van der Waals surface area (Å²) in [5.41, 5.74) is 17.3. The smallest absolute Gasteiger partial charge is 0.0531 e. The lowest BCUT2D eigenvalue weighted by atomic mass is 9.74. The second kappa shape index (κ2) is 12.3. The maximum Gasteiger partial charge on any atom is 0.0531 e. The minimum absolute atomic E-state index is 0.399. The lowest BCUT2D eigenvalue weighted by Gasteiger charge is -2.34. The van der Waals surface area contributed by atoms with E-state index in [1.807, 2.05) is 0 Å². The molecule has 0 radical (unpaired) electrons. The molecule has 1 aliphatic heterocycles. The number of hydrogen-bond acceptors (Lipinski definition) is 1. The number of hydrogen-bond donors (Lipinski definition) is 0. The van der Waals surface area contributed by atoms with Crippen LogP contribution in [0, 0.1) is 0 Å². The standard InChI is InChI=1S/C48H48N2S/c1-5-22-43-37(16-1)38-17-2-6-23-44(38)50(43)35-26-27-46-42(30-35)39-18-3-7-24-45(39)49(46)34-15-10-13-32(29-34)31-12-9-14-33(28-31)36-20-11-21-41-40-19-4-8-25-47(40)51-48(36)41/h3-5,7-10,12-15,18-19,22,24-25,28,32,35-36,41,48H,1-2,6,11,16-17,20-21,23,26-27,29-30H2. The van der Waals surface area contributed by atoms with Crippen LogP contribution in [0.3, 0.4) is 0 Å². The van der Waals surface area contributed by atoms with E-state index in [9.17, 15) is 0 Å². The van der Waals surface area contributed by atoms with Gasteiger partial charge in [-0.25, -0.2) is 0 Å². The van der Waals surface area contributed by atoms with Crippen LogP contribution < -0.4 is 0 Å². The number of thioether (sulfide) groups is 1. The predicted molar refractivity (Wildman–Crippen MR) is 214 cm³/mol. The van der Waals surface area contributed by atoms with Crippen LogP contribution >= 0.6 is 11.8 Å². The highest BCUT2D eigenvalue weighted by atomic mass is 32.2. The van der Waals surface area contributed by atoms with E-state index in [-0.39, 0.29) is 0 Å². The highest BCUT2D eigenvalue weighted by Crippen LogP contribution is 2.56. The van der Waals surface area contributed by atoms with Crippen molar-refractivity contribution in [3.63, 3.8) is 0 Å². The van der Waals surface area contributed by atoms with E-state index < -0.39 is 0 Å². The molecule has 0 spiro atoms. The Hall–Kier alpha value is -3.95. The average Bonchev–Trinajstić information content (AvgIpc) is 3.86. The van der Waals surface area contributed by atoms with Crippen molar-refractivity contribution in [2.24, 2.45) is 0 Å². The van der Waals surface area contributed by atoms with Gasteiger partial charge in [0.2, 0.25) is 0 Å². The van der Waals surface area contributed by atoms with E-state index in [1.165, 1.54) is 91.3 Å². The van der Waals surface area contributed by atoms with E-state index in [0.717, 1.165) is 19.3 Å².